The zero-order valence-corrected chi connectivity index (χ0v) is 15.8. The van der Waals surface area contributed by atoms with E-state index < -0.39 is 18.3 Å². The summed E-state index contributed by atoms with van der Waals surface area (Å²) in [5.41, 5.74) is 0.605. The summed E-state index contributed by atoms with van der Waals surface area (Å²) in [6.07, 6.45) is 4.14. The van der Waals surface area contributed by atoms with Crippen molar-refractivity contribution >= 4 is 36.3 Å². The predicted octanol–water partition coefficient (Wildman–Crippen LogP) is 2.63. The smallest absolute Gasteiger partial charge is 0.399 e. The first kappa shape index (κ1) is 18.8. The first-order valence-electron chi connectivity index (χ1n) is 7.81. The third kappa shape index (κ3) is 3.77. The summed E-state index contributed by atoms with van der Waals surface area (Å²) in [6, 6.07) is 5.43. The Kier molecular flexibility index (Phi) is 5.33. The van der Waals surface area contributed by atoms with E-state index in [1.165, 1.54) is 4.90 Å². The molecule has 0 bridgehead atoms. The SMILES string of the molecule is CN(C)/C=C\N(C=O)c1ccc(B2OC(C)(C)C(C)(C)O2)cc1Cl. The number of carbonyl (C=O) groups is 1. The molecule has 5 nitrogen and oxygen atoms in total. The van der Waals surface area contributed by atoms with Gasteiger partial charge in [0, 0.05) is 26.5 Å². The number of hydrogen-bond donors (Lipinski definition) is 0. The van der Waals surface area contributed by atoms with Crippen molar-refractivity contribution in [2.45, 2.75) is 38.9 Å². The van der Waals surface area contributed by atoms with Gasteiger partial charge in [-0.1, -0.05) is 17.7 Å². The highest BCUT2D eigenvalue weighted by Crippen LogP contribution is 2.37. The summed E-state index contributed by atoms with van der Waals surface area (Å²) in [5.74, 6) is 0. The number of hydrogen-bond acceptors (Lipinski definition) is 4. The molecule has 0 spiro atoms. The molecule has 0 aliphatic carbocycles. The normalized spacial score (nSPS) is 18.9. The van der Waals surface area contributed by atoms with Crippen molar-refractivity contribution in [2.24, 2.45) is 0 Å². The summed E-state index contributed by atoms with van der Waals surface area (Å²) < 4.78 is 12.1. The fourth-order valence-electron chi connectivity index (χ4n) is 2.24. The highest BCUT2D eigenvalue weighted by molar-refractivity contribution is 6.62. The minimum absolute atomic E-state index is 0.411. The van der Waals surface area contributed by atoms with E-state index in [2.05, 4.69) is 0 Å². The van der Waals surface area contributed by atoms with Crippen LogP contribution in [0, 0.1) is 0 Å². The third-order valence-corrected chi connectivity index (χ3v) is 4.72. The van der Waals surface area contributed by atoms with E-state index in [1.807, 2.05) is 52.8 Å². The van der Waals surface area contributed by atoms with Crippen LogP contribution >= 0.6 is 11.6 Å². The van der Waals surface area contributed by atoms with Gasteiger partial charge in [0.05, 0.1) is 21.9 Å². The van der Waals surface area contributed by atoms with E-state index in [0.717, 1.165) is 11.9 Å². The lowest BCUT2D eigenvalue weighted by Crippen LogP contribution is -2.41. The van der Waals surface area contributed by atoms with Crippen molar-refractivity contribution in [3.63, 3.8) is 0 Å². The Bertz CT molecular complexity index is 631. The maximum atomic E-state index is 11.3. The molecule has 1 fully saturated rings. The molecule has 1 heterocycles. The van der Waals surface area contributed by atoms with Gasteiger partial charge in [0.25, 0.3) is 0 Å². The molecule has 0 radical (unpaired) electrons. The van der Waals surface area contributed by atoms with Gasteiger partial charge in [-0.25, -0.2) is 0 Å². The minimum Gasteiger partial charge on any atom is -0.399 e. The largest absolute Gasteiger partial charge is 0.494 e. The van der Waals surface area contributed by atoms with Gasteiger partial charge in [0.15, 0.2) is 0 Å². The summed E-state index contributed by atoms with van der Waals surface area (Å²) in [4.78, 5) is 14.6. The fraction of sp³-hybridized carbons (Fsp3) is 0.471. The molecule has 1 aromatic rings. The topological polar surface area (TPSA) is 42.0 Å². The van der Waals surface area contributed by atoms with E-state index in [9.17, 15) is 4.79 Å². The van der Waals surface area contributed by atoms with Crippen molar-refractivity contribution in [2.75, 3.05) is 19.0 Å². The highest BCUT2D eigenvalue weighted by atomic mass is 35.5. The second kappa shape index (κ2) is 6.79. The van der Waals surface area contributed by atoms with Gasteiger partial charge in [-0.2, -0.15) is 0 Å². The molecule has 0 saturated carbocycles. The molecule has 1 saturated heterocycles. The van der Waals surface area contributed by atoms with Crippen LogP contribution in [0.4, 0.5) is 5.69 Å². The van der Waals surface area contributed by atoms with E-state index in [-0.39, 0.29) is 0 Å². The number of benzene rings is 1. The average Bonchev–Trinajstić information content (AvgIpc) is 2.69. The molecule has 7 heteroatoms. The van der Waals surface area contributed by atoms with Crippen LogP contribution in [0.15, 0.2) is 30.6 Å². The second-order valence-electron chi connectivity index (χ2n) is 7.07. The lowest BCUT2D eigenvalue weighted by atomic mass is 9.79. The Morgan fingerprint density at radius 1 is 1.08 bits per heavy atom. The van der Waals surface area contributed by atoms with E-state index >= 15 is 0 Å². The van der Waals surface area contributed by atoms with Gasteiger partial charge < -0.3 is 14.2 Å². The highest BCUT2D eigenvalue weighted by Gasteiger charge is 2.51. The summed E-state index contributed by atoms with van der Waals surface area (Å²) >= 11 is 6.38. The Labute approximate surface area is 149 Å². The van der Waals surface area contributed by atoms with Gasteiger partial charge >= 0.3 is 7.12 Å². The van der Waals surface area contributed by atoms with Crippen LogP contribution in [-0.4, -0.2) is 43.7 Å². The molecule has 1 aliphatic rings. The number of anilines is 1. The summed E-state index contributed by atoms with van der Waals surface area (Å²) in [5, 5.41) is 0.456. The number of nitrogens with zero attached hydrogens (tertiary/aromatic N) is 2. The monoisotopic (exact) mass is 350 g/mol. The zero-order valence-electron chi connectivity index (χ0n) is 15.0. The second-order valence-corrected chi connectivity index (χ2v) is 7.48. The van der Waals surface area contributed by atoms with Crippen LogP contribution in [0.3, 0.4) is 0 Å². The van der Waals surface area contributed by atoms with Crippen LogP contribution in [0.2, 0.25) is 5.02 Å². The Morgan fingerprint density at radius 3 is 2.12 bits per heavy atom. The zero-order chi connectivity index (χ0) is 18.1. The molecule has 1 aliphatic heterocycles. The van der Waals surface area contributed by atoms with Gasteiger partial charge in [0.1, 0.15) is 0 Å². The van der Waals surface area contributed by atoms with Crippen molar-refractivity contribution in [3.05, 3.63) is 35.6 Å². The molecular formula is C17H24BClN2O3. The van der Waals surface area contributed by atoms with Crippen molar-refractivity contribution in [3.8, 4) is 0 Å². The molecule has 0 atom stereocenters. The van der Waals surface area contributed by atoms with E-state index in [4.69, 9.17) is 20.9 Å². The molecule has 0 unspecified atom stereocenters. The molecule has 1 aromatic carbocycles. The Morgan fingerprint density at radius 2 is 1.67 bits per heavy atom. The minimum atomic E-state index is -0.483. The van der Waals surface area contributed by atoms with Crippen molar-refractivity contribution < 1.29 is 14.1 Å². The van der Waals surface area contributed by atoms with Crippen molar-refractivity contribution in [1.82, 2.24) is 4.90 Å². The molecule has 0 N–H and O–H groups in total. The maximum absolute atomic E-state index is 11.3. The van der Waals surface area contributed by atoms with Crippen LogP contribution in [0.5, 0.6) is 0 Å². The quantitative estimate of drug-likeness (QED) is 0.605. The van der Waals surface area contributed by atoms with Gasteiger partial charge in [-0.05, 0) is 45.3 Å². The average molecular weight is 351 g/mol. The van der Waals surface area contributed by atoms with Gasteiger partial charge in [0.2, 0.25) is 6.41 Å². The van der Waals surface area contributed by atoms with E-state index in [0.29, 0.717) is 10.7 Å². The number of rotatable bonds is 5. The predicted molar refractivity (Wildman–Crippen MR) is 98.5 cm³/mol. The first-order valence-corrected chi connectivity index (χ1v) is 8.18. The Hall–Kier alpha value is -1.50. The molecule has 2 rings (SSSR count). The summed E-state index contributed by atoms with van der Waals surface area (Å²) in [7, 11) is 3.27. The van der Waals surface area contributed by atoms with Crippen LogP contribution in [-0.2, 0) is 14.1 Å². The molecule has 24 heavy (non-hydrogen) atoms. The van der Waals surface area contributed by atoms with Gasteiger partial charge in [-0.3, -0.25) is 9.69 Å². The number of amides is 1. The van der Waals surface area contributed by atoms with Crippen LogP contribution in [0.1, 0.15) is 27.7 Å². The number of carbonyl (C=O) groups excluding carboxylic acids is 1. The number of halogens is 1. The van der Waals surface area contributed by atoms with Crippen molar-refractivity contribution in [1.29, 1.82) is 0 Å². The van der Waals surface area contributed by atoms with Crippen LogP contribution in [0.25, 0.3) is 0 Å². The molecule has 130 valence electrons. The molecular weight excluding hydrogens is 326 g/mol. The third-order valence-electron chi connectivity index (χ3n) is 4.41. The maximum Gasteiger partial charge on any atom is 0.494 e. The lowest BCUT2D eigenvalue weighted by molar-refractivity contribution is -0.106. The van der Waals surface area contributed by atoms with E-state index in [1.54, 1.807) is 24.5 Å². The standard InChI is InChI=1S/C17H24BClN2O3/c1-16(2)17(3,4)24-18(23-16)13-7-8-15(14(19)11-13)21(12-22)10-9-20(5)6/h7-12H,1-6H3/b10-9-. The Balaban J connectivity index is 2.26. The van der Waals surface area contributed by atoms with Gasteiger partial charge in [-0.15, -0.1) is 0 Å². The first-order chi connectivity index (χ1) is 11.1. The lowest BCUT2D eigenvalue weighted by Gasteiger charge is -2.32. The molecule has 0 aromatic heterocycles. The molecule has 1 amide bonds. The van der Waals surface area contributed by atoms with Crippen LogP contribution < -0.4 is 10.4 Å². The summed E-state index contributed by atoms with van der Waals surface area (Å²) in [6.45, 7) is 8.01. The fourth-order valence-corrected chi connectivity index (χ4v) is 2.52.